The second-order valence-electron chi connectivity index (χ2n) is 6.54. The van der Waals surface area contributed by atoms with Crippen LogP contribution in [0, 0.1) is 6.92 Å². The monoisotopic (exact) mass is 403 g/mol. The van der Waals surface area contributed by atoms with E-state index >= 15 is 0 Å². The van der Waals surface area contributed by atoms with Gasteiger partial charge in [-0.2, -0.15) is 0 Å². The number of benzene rings is 3. The lowest BCUT2D eigenvalue weighted by Gasteiger charge is -2.12. The Labute approximate surface area is 169 Å². The van der Waals surface area contributed by atoms with Gasteiger partial charge in [0.05, 0.1) is 15.8 Å². The number of nitrogens with zero attached hydrogens (tertiary/aromatic N) is 1. The third-order valence-corrected chi connectivity index (χ3v) is 6.23. The predicted octanol–water partition coefficient (Wildman–Crippen LogP) is 6.70. The first kappa shape index (κ1) is 17.2. The van der Waals surface area contributed by atoms with Gasteiger partial charge in [0.25, 0.3) is 0 Å². The smallest absolute Gasteiger partial charge is 0.339 e. The Hall–Kier alpha value is -2.95. The summed E-state index contributed by atoms with van der Waals surface area (Å²) >= 11 is 8.03. The molecule has 0 saturated heterocycles. The van der Waals surface area contributed by atoms with E-state index in [0.717, 1.165) is 37.3 Å². The van der Waals surface area contributed by atoms with Crippen molar-refractivity contribution in [3.63, 3.8) is 0 Å². The van der Waals surface area contributed by atoms with Crippen LogP contribution in [0.25, 0.3) is 42.9 Å². The van der Waals surface area contributed by atoms with Crippen molar-refractivity contribution in [3.8, 4) is 21.7 Å². The third kappa shape index (κ3) is 2.65. The van der Waals surface area contributed by atoms with Crippen LogP contribution in [0.4, 0.5) is 0 Å². The molecule has 0 bridgehead atoms. The molecule has 5 aromatic rings. The van der Waals surface area contributed by atoms with Crippen molar-refractivity contribution in [2.75, 3.05) is 0 Å². The first-order chi connectivity index (χ1) is 13.6. The Morgan fingerprint density at radius 2 is 1.68 bits per heavy atom. The van der Waals surface area contributed by atoms with Crippen LogP contribution in [-0.2, 0) is 0 Å². The van der Waals surface area contributed by atoms with Crippen molar-refractivity contribution in [3.05, 3.63) is 87.7 Å². The van der Waals surface area contributed by atoms with Gasteiger partial charge in [0, 0.05) is 27.1 Å². The Balaban J connectivity index is 1.87. The van der Waals surface area contributed by atoms with E-state index in [4.69, 9.17) is 21.0 Å². The van der Waals surface area contributed by atoms with E-state index in [1.165, 1.54) is 0 Å². The molecule has 2 aromatic heterocycles. The zero-order chi connectivity index (χ0) is 19.3. The molecule has 0 atom stereocenters. The summed E-state index contributed by atoms with van der Waals surface area (Å²) in [6.07, 6.45) is 0. The standard InChI is InChI=1S/C23H14ClNO2S/c1-13-20(14-7-2-3-10-17(14)24)15-8-6-9-16(21(15)27-23(13)26)22-25-18-11-4-5-12-19(18)28-22/h2-12H,1H3. The molecule has 0 N–H and O–H groups in total. The van der Waals surface area contributed by atoms with Crippen molar-refractivity contribution < 1.29 is 4.42 Å². The van der Waals surface area contributed by atoms with Crippen LogP contribution in [0.1, 0.15) is 5.56 Å². The molecule has 0 saturated carbocycles. The molecule has 0 aliphatic rings. The molecule has 0 spiro atoms. The first-order valence-corrected chi connectivity index (χ1v) is 10.00. The molecule has 136 valence electrons. The fraction of sp³-hybridized carbons (Fsp3) is 0.0435. The fourth-order valence-corrected chi connectivity index (χ4v) is 4.70. The maximum Gasteiger partial charge on any atom is 0.339 e. The molecule has 28 heavy (non-hydrogen) atoms. The third-order valence-electron chi connectivity index (χ3n) is 4.83. The lowest BCUT2D eigenvalue weighted by atomic mass is 9.96. The lowest BCUT2D eigenvalue weighted by Crippen LogP contribution is -2.06. The first-order valence-electron chi connectivity index (χ1n) is 8.81. The van der Waals surface area contributed by atoms with Crippen molar-refractivity contribution in [2.24, 2.45) is 0 Å². The van der Waals surface area contributed by atoms with Gasteiger partial charge in [-0.1, -0.05) is 54.1 Å². The van der Waals surface area contributed by atoms with E-state index in [1.807, 2.05) is 66.7 Å². The van der Waals surface area contributed by atoms with Gasteiger partial charge in [-0.3, -0.25) is 0 Å². The van der Waals surface area contributed by atoms with Crippen molar-refractivity contribution >= 4 is 44.1 Å². The topological polar surface area (TPSA) is 43.1 Å². The zero-order valence-corrected chi connectivity index (χ0v) is 16.5. The Morgan fingerprint density at radius 3 is 2.50 bits per heavy atom. The number of halogens is 1. The van der Waals surface area contributed by atoms with Gasteiger partial charge in [0.2, 0.25) is 0 Å². The van der Waals surface area contributed by atoms with Crippen molar-refractivity contribution in [2.45, 2.75) is 6.92 Å². The molecule has 5 rings (SSSR count). The van der Waals surface area contributed by atoms with Crippen LogP contribution in [0.15, 0.2) is 75.9 Å². The van der Waals surface area contributed by atoms with Crippen LogP contribution >= 0.6 is 22.9 Å². The molecule has 0 aliphatic carbocycles. The minimum atomic E-state index is -0.365. The summed E-state index contributed by atoms with van der Waals surface area (Å²) in [5, 5.41) is 2.27. The maximum absolute atomic E-state index is 12.7. The van der Waals surface area contributed by atoms with Crippen LogP contribution in [-0.4, -0.2) is 4.98 Å². The summed E-state index contributed by atoms with van der Waals surface area (Å²) in [5.41, 5.74) is 4.08. The van der Waals surface area contributed by atoms with E-state index in [0.29, 0.717) is 16.2 Å². The minimum absolute atomic E-state index is 0.365. The highest BCUT2D eigenvalue weighted by molar-refractivity contribution is 7.21. The van der Waals surface area contributed by atoms with Gasteiger partial charge < -0.3 is 4.42 Å². The molecule has 0 fully saturated rings. The molecular formula is C23H14ClNO2S. The van der Waals surface area contributed by atoms with E-state index in [2.05, 4.69) is 0 Å². The summed E-state index contributed by atoms with van der Waals surface area (Å²) in [5.74, 6) is 0. The van der Waals surface area contributed by atoms with Gasteiger partial charge in [-0.15, -0.1) is 11.3 Å². The summed E-state index contributed by atoms with van der Waals surface area (Å²) in [7, 11) is 0. The molecule has 0 aliphatic heterocycles. The van der Waals surface area contributed by atoms with E-state index in [-0.39, 0.29) is 5.63 Å². The number of hydrogen-bond donors (Lipinski definition) is 0. The normalized spacial score (nSPS) is 11.4. The molecule has 0 amide bonds. The van der Waals surface area contributed by atoms with Crippen LogP contribution in [0.3, 0.4) is 0 Å². The summed E-state index contributed by atoms with van der Waals surface area (Å²) in [4.78, 5) is 17.4. The summed E-state index contributed by atoms with van der Waals surface area (Å²) in [6.45, 7) is 1.77. The second kappa shape index (κ2) is 6.59. The number of para-hydroxylation sites is 2. The van der Waals surface area contributed by atoms with Gasteiger partial charge in [0.15, 0.2) is 0 Å². The Morgan fingerprint density at radius 1 is 0.929 bits per heavy atom. The highest BCUT2D eigenvalue weighted by Crippen LogP contribution is 2.39. The van der Waals surface area contributed by atoms with E-state index in [1.54, 1.807) is 18.3 Å². The highest BCUT2D eigenvalue weighted by atomic mass is 35.5. The minimum Gasteiger partial charge on any atom is -0.422 e. The quantitative estimate of drug-likeness (QED) is 0.308. The number of fused-ring (bicyclic) bond motifs is 2. The Kier molecular flexibility index (Phi) is 4.04. The average Bonchev–Trinajstić information content (AvgIpc) is 3.13. The number of thiazole rings is 1. The number of rotatable bonds is 2. The van der Waals surface area contributed by atoms with Crippen LogP contribution in [0.2, 0.25) is 5.02 Å². The Bertz CT molecular complexity index is 1380. The molecule has 2 heterocycles. The fourth-order valence-electron chi connectivity index (χ4n) is 3.48. The SMILES string of the molecule is Cc1c(-c2ccccc2Cl)c2cccc(-c3nc4ccccc4s3)c2oc1=O. The molecule has 0 unspecified atom stereocenters. The molecular weight excluding hydrogens is 390 g/mol. The molecule has 5 heteroatoms. The molecule has 3 nitrogen and oxygen atoms in total. The summed E-state index contributed by atoms with van der Waals surface area (Å²) in [6, 6.07) is 21.4. The van der Waals surface area contributed by atoms with Gasteiger partial charge in [-0.05, 0) is 31.2 Å². The second-order valence-corrected chi connectivity index (χ2v) is 7.98. The number of aromatic nitrogens is 1. The highest BCUT2D eigenvalue weighted by Gasteiger charge is 2.19. The van der Waals surface area contributed by atoms with E-state index in [9.17, 15) is 4.79 Å². The van der Waals surface area contributed by atoms with Crippen LogP contribution in [0.5, 0.6) is 0 Å². The lowest BCUT2D eigenvalue weighted by molar-refractivity contribution is 0.556. The average molecular weight is 404 g/mol. The zero-order valence-electron chi connectivity index (χ0n) is 14.9. The van der Waals surface area contributed by atoms with Gasteiger partial charge in [0.1, 0.15) is 10.6 Å². The van der Waals surface area contributed by atoms with Crippen molar-refractivity contribution in [1.82, 2.24) is 4.98 Å². The molecule has 0 radical (unpaired) electrons. The molecule has 3 aromatic carbocycles. The van der Waals surface area contributed by atoms with E-state index < -0.39 is 0 Å². The van der Waals surface area contributed by atoms with Gasteiger partial charge >= 0.3 is 5.63 Å². The summed E-state index contributed by atoms with van der Waals surface area (Å²) < 4.78 is 6.84. The van der Waals surface area contributed by atoms with Gasteiger partial charge in [-0.25, -0.2) is 9.78 Å². The maximum atomic E-state index is 12.7. The van der Waals surface area contributed by atoms with Crippen molar-refractivity contribution in [1.29, 1.82) is 0 Å². The van der Waals surface area contributed by atoms with Crippen LogP contribution < -0.4 is 5.63 Å². The largest absolute Gasteiger partial charge is 0.422 e. The predicted molar refractivity (Wildman–Crippen MR) is 116 cm³/mol. The number of hydrogen-bond acceptors (Lipinski definition) is 4.